The van der Waals surface area contributed by atoms with E-state index in [1.54, 1.807) is 28.9 Å². The third-order valence-corrected chi connectivity index (χ3v) is 4.05. The van der Waals surface area contributed by atoms with Gasteiger partial charge in [-0.2, -0.15) is 5.10 Å². The van der Waals surface area contributed by atoms with Crippen molar-refractivity contribution in [3.8, 4) is 16.3 Å². The lowest BCUT2D eigenvalue weighted by Gasteiger charge is -2.01. The van der Waals surface area contributed by atoms with Gasteiger partial charge in [0.05, 0.1) is 20.5 Å². The van der Waals surface area contributed by atoms with Crippen LogP contribution in [0.5, 0.6) is 0 Å². The number of aromatic nitrogens is 2. The van der Waals surface area contributed by atoms with E-state index in [1.807, 2.05) is 24.4 Å². The van der Waals surface area contributed by atoms with Crippen molar-refractivity contribution in [3.63, 3.8) is 0 Å². The average Bonchev–Trinajstić information content (AvgIpc) is 3.07. The maximum absolute atomic E-state index is 10.8. The lowest BCUT2D eigenvalue weighted by atomic mass is 10.2. The Kier molecular flexibility index (Phi) is 3.30. The molecule has 2 heterocycles. The van der Waals surface area contributed by atoms with E-state index in [1.165, 1.54) is 11.3 Å². The predicted molar refractivity (Wildman–Crippen MR) is 78.8 cm³/mol. The van der Waals surface area contributed by atoms with Crippen LogP contribution in [0.4, 0.5) is 0 Å². The summed E-state index contributed by atoms with van der Waals surface area (Å²) in [5.74, 6) is -0.939. The molecule has 100 valence electrons. The number of carboxylic acids is 1. The average molecular weight is 305 g/mol. The van der Waals surface area contributed by atoms with E-state index < -0.39 is 5.97 Å². The smallest absolute Gasteiger partial charge is 0.335 e. The molecule has 0 aliphatic heterocycles. The van der Waals surface area contributed by atoms with Crippen LogP contribution in [0.25, 0.3) is 16.3 Å². The number of carbonyl (C=O) groups is 1. The topological polar surface area (TPSA) is 55.1 Å². The minimum atomic E-state index is -0.939. The highest BCUT2D eigenvalue weighted by atomic mass is 35.5. The molecule has 0 radical (unpaired) electrons. The van der Waals surface area contributed by atoms with Crippen LogP contribution in [0.2, 0.25) is 4.34 Å². The van der Waals surface area contributed by atoms with Crippen molar-refractivity contribution in [3.05, 3.63) is 58.6 Å². The molecule has 3 rings (SSSR count). The summed E-state index contributed by atoms with van der Waals surface area (Å²) in [6.07, 6.45) is 1.83. The zero-order valence-corrected chi connectivity index (χ0v) is 11.7. The van der Waals surface area contributed by atoms with Gasteiger partial charge in [-0.1, -0.05) is 11.6 Å². The van der Waals surface area contributed by atoms with Gasteiger partial charge in [0.15, 0.2) is 0 Å². The number of aromatic carboxylic acids is 1. The second-order valence-corrected chi connectivity index (χ2v) is 5.82. The summed E-state index contributed by atoms with van der Waals surface area (Å²) >= 11 is 7.38. The monoisotopic (exact) mass is 304 g/mol. The molecule has 0 atom stereocenters. The van der Waals surface area contributed by atoms with Gasteiger partial charge in [-0.15, -0.1) is 11.3 Å². The third-order valence-electron chi connectivity index (χ3n) is 2.79. The molecule has 0 aliphatic carbocycles. The molecule has 0 saturated carbocycles. The number of rotatable bonds is 3. The molecule has 0 spiro atoms. The lowest BCUT2D eigenvalue weighted by molar-refractivity contribution is 0.0697. The maximum Gasteiger partial charge on any atom is 0.335 e. The molecule has 1 aromatic carbocycles. The van der Waals surface area contributed by atoms with Gasteiger partial charge in [0.25, 0.3) is 0 Å². The Balaban J connectivity index is 1.91. The Labute approximate surface area is 123 Å². The van der Waals surface area contributed by atoms with E-state index in [4.69, 9.17) is 16.7 Å². The highest BCUT2D eigenvalue weighted by Crippen LogP contribution is 2.30. The molecule has 1 N–H and O–H groups in total. The predicted octanol–water partition coefficient (Wildman–Crippen LogP) is 3.95. The number of hydrogen-bond donors (Lipinski definition) is 1. The standard InChI is InChI=1S/C14H9ClN2O2S/c15-13-6-5-12(20-13)11-7-8-17(16-11)10-3-1-9(2-4-10)14(18)19/h1-8H,(H,18,19). The van der Waals surface area contributed by atoms with Crippen LogP contribution in [0.1, 0.15) is 10.4 Å². The summed E-state index contributed by atoms with van der Waals surface area (Å²) in [5.41, 5.74) is 1.90. The van der Waals surface area contributed by atoms with Gasteiger partial charge in [0.1, 0.15) is 5.69 Å². The molecular formula is C14H9ClN2O2S. The quantitative estimate of drug-likeness (QED) is 0.797. The summed E-state index contributed by atoms with van der Waals surface area (Å²) in [7, 11) is 0. The molecular weight excluding hydrogens is 296 g/mol. The Morgan fingerprint density at radius 3 is 2.50 bits per heavy atom. The van der Waals surface area contributed by atoms with E-state index in [9.17, 15) is 4.79 Å². The van der Waals surface area contributed by atoms with Crippen LogP contribution in [-0.4, -0.2) is 20.9 Å². The summed E-state index contributed by atoms with van der Waals surface area (Å²) in [4.78, 5) is 11.8. The zero-order valence-electron chi connectivity index (χ0n) is 10.2. The molecule has 2 aromatic heterocycles. The molecule has 4 nitrogen and oxygen atoms in total. The van der Waals surface area contributed by atoms with Crippen molar-refractivity contribution in [2.75, 3.05) is 0 Å². The van der Waals surface area contributed by atoms with E-state index in [0.717, 1.165) is 20.6 Å². The van der Waals surface area contributed by atoms with Crippen LogP contribution < -0.4 is 0 Å². The Morgan fingerprint density at radius 2 is 1.90 bits per heavy atom. The maximum atomic E-state index is 10.8. The normalized spacial score (nSPS) is 10.7. The Morgan fingerprint density at radius 1 is 1.15 bits per heavy atom. The van der Waals surface area contributed by atoms with Gasteiger partial charge < -0.3 is 5.11 Å². The highest BCUT2D eigenvalue weighted by Gasteiger charge is 2.07. The van der Waals surface area contributed by atoms with Crippen molar-refractivity contribution in [1.82, 2.24) is 9.78 Å². The molecule has 0 fully saturated rings. The number of benzene rings is 1. The van der Waals surface area contributed by atoms with Gasteiger partial charge in [-0.3, -0.25) is 0 Å². The van der Waals surface area contributed by atoms with Crippen molar-refractivity contribution in [1.29, 1.82) is 0 Å². The molecule has 0 bridgehead atoms. The Bertz CT molecular complexity index is 762. The second-order valence-electron chi connectivity index (χ2n) is 4.10. The summed E-state index contributed by atoms with van der Waals surface area (Å²) in [5, 5.41) is 13.3. The summed E-state index contributed by atoms with van der Waals surface area (Å²) in [6, 6.07) is 12.2. The van der Waals surface area contributed by atoms with E-state index in [-0.39, 0.29) is 5.56 Å². The van der Waals surface area contributed by atoms with Crippen LogP contribution in [0.3, 0.4) is 0 Å². The first-order valence-electron chi connectivity index (χ1n) is 5.78. The van der Waals surface area contributed by atoms with Crippen LogP contribution in [0, 0.1) is 0 Å². The van der Waals surface area contributed by atoms with E-state index in [2.05, 4.69) is 5.10 Å². The molecule has 0 amide bonds. The van der Waals surface area contributed by atoms with Crippen molar-refractivity contribution < 1.29 is 9.90 Å². The first-order valence-corrected chi connectivity index (χ1v) is 6.98. The zero-order chi connectivity index (χ0) is 14.1. The fraction of sp³-hybridized carbons (Fsp3) is 0. The SMILES string of the molecule is O=C(O)c1ccc(-n2ccc(-c3ccc(Cl)s3)n2)cc1. The van der Waals surface area contributed by atoms with Crippen molar-refractivity contribution in [2.45, 2.75) is 0 Å². The van der Waals surface area contributed by atoms with Crippen LogP contribution >= 0.6 is 22.9 Å². The fourth-order valence-electron chi connectivity index (χ4n) is 1.81. The van der Waals surface area contributed by atoms with E-state index in [0.29, 0.717) is 0 Å². The summed E-state index contributed by atoms with van der Waals surface area (Å²) in [6.45, 7) is 0. The molecule has 0 saturated heterocycles. The van der Waals surface area contributed by atoms with Gasteiger partial charge in [-0.25, -0.2) is 9.48 Å². The first kappa shape index (κ1) is 12.9. The van der Waals surface area contributed by atoms with Gasteiger partial charge in [0, 0.05) is 6.20 Å². The van der Waals surface area contributed by atoms with Gasteiger partial charge >= 0.3 is 5.97 Å². The number of thiophene rings is 1. The summed E-state index contributed by atoms with van der Waals surface area (Å²) < 4.78 is 2.43. The number of nitrogens with zero attached hydrogens (tertiary/aromatic N) is 2. The largest absolute Gasteiger partial charge is 0.478 e. The van der Waals surface area contributed by atoms with Crippen molar-refractivity contribution >= 4 is 28.9 Å². The van der Waals surface area contributed by atoms with E-state index >= 15 is 0 Å². The van der Waals surface area contributed by atoms with Crippen LogP contribution in [0.15, 0.2) is 48.7 Å². The highest BCUT2D eigenvalue weighted by molar-refractivity contribution is 7.19. The Hall–Kier alpha value is -2.11. The molecule has 0 aliphatic rings. The third kappa shape index (κ3) is 2.45. The first-order chi connectivity index (χ1) is 9.63. The molecule has 6 heteroatoms. The molecule has 0 unspecified atom stereocenters. The minimum Gasteiger partial charge on any atom is -0.478 e. The van der Waals surface area contributed by atoms with Gasteiger partial charge in [-0.05, 0) is 42.5 Å². The molecule has 20 heavy (non-hydrogen) atoms. The van der Waals surface area contributed by atoms with Crippen molar-refractivity contribution in [2.24, 2.45) is 0 Å². The second kappa shape index (κ2) is 5.11. The minimum absolute atomic E-state index is 0.256. The lowest BCUT2D eigenvalue weighted by Crippen LogP contribution is -1.98. The van der Waals surface area contributed by atoms with Gasteiger partial charge in [0.2, 0.25) is 0 Å². The number of halogens is 1. The molecule has 3 aromatic rings. The number of carboxylic acid groups (broad SMARTS) is 1. The van der Waals surface area contributed by atoms with Crippen LogP contribution in [-0.2, 0) is 0 Å². The number of hydrogen-bond acceptors (Lipinski definition) is 3. The fourth-order valence-corrected chi connectivity index (χ4v) is 2.82.